The standard InChI is InChI=1S/C14H22N2OS/c1-4-5-8-16(2)10-11-6-7-12(14(15)18)13(9-11)17-3/h6-7,9H,4-5,8,10H2,1-3H3,(H2,15,18). The van der Waals surface area contributed by atoms with E-state index in [1.165, 1.54) is 18.4 Å². The molecule has 0 saturated carbocycles. The maximum atomic E-state index is 5.65. The van der Waals surface area contributed by atoms with Gasteiger partial charge >= 0.3 is 0 Å². The average molecular weight is 266 g/mol. The van der Waals surface area contributed by atoms with Crippen LogP contribution >= 0.6 is 12.2 Å². The van der Waals surface area contributed by atoms with Crippen LogP contribution in [0.2, 0.25) is 0 Å². The van der Waals surface area contributed by atoms with Gasteiger partial charge in [0.15, 0.2) is 0 Å². The van der Waals surface area contributed by atoms with Gasteiger partial charge in [0.05, 0.1) is 12.7 Å². The van der Waals surface area contributed by atoms with Crippen LogP contribution in [0.3, 0.4) is 0 Å². The van der Waals surface area contributed by atoms with Crippen LogP contribution in [-0.4, -0.2) is 30.6 Å². The molecular weight excluding hydrogens is 244 g/mol. The molecule has 0 unspecified atom stereocenters. The molecule has 0 radical (unpaired) electrons. The molecule has 1 aromatic rings. The van der Waals surface area contributed by atoms with Gasteiger partial charge in [0.25, 0.3) is 0 Å². The monoisotopic (exact) mass is 266 g/mol. The number of nitrogens with two attached hydrogens (primary N) is 1. The molecule has 0 spiro atoms. The van der Waals surface area contributed by atoms with Crippen LogP contribution < -0.4 is 10.5 Å². The van der Waals surface area contributed by atoms with Crippen molar-refractivity contribution in [2.24, 2.45) is 5.73 Å². The quantitative estimate of drug-likeness (QED) is 0.770. The van der Waals surface area contributed by atoms with Crippen LogP contribution in [0.1, 0.15) is 30.9 Å². The minimum atomic E-state index is 0.373. The fourth-order valence-electron chi connectivity index (χ4n) is 1.86. The SMILES string of the molecule is CCCCN(C)Cc1ccc(C(N)=S)c(OC)c1. The summed E-state index contributed by atoms with van der Waals surface area (Å²) < 4.78 is 5.32. The smallest absolute Gasteiger partial charge is 0.129 e. The molecule has 2 N–H and O–H groups in total. The summed E-state index contributed by atoms with van der Waals surface area (Å²) in [5.41, 5.74) is 7.66. The average Bonchev–Trinajstić information content (AvgIpc) is 2.35. The predicted molar refractivity (Wildman–Crippen MR) is 80.1 cm³/mol. The summed E-state index contributed by atoms with van der Waals surface area (Å²) in [4.78, 5) is 2.68. The maximum absolute atomic E-state index is 5.65. The van der Waals surface area contributed by atoms with Crippen molar-refractivity contribution in [2.45, 2.75) is 26.3 Å². The van der Waals surface area contributed by atoms with Crippen molar-refractivity contribution in [3.63, 3.8) is 0 Å². The van der Waals surface area contributed by atoms with Gasteiger partial charge in [-0.05, 0) is 37.7 Å². The summed E-state index contributed by atoms with van der Waals surface area (Å²) in [5, 5.41) is 0. The van der Waals surface area contributed by atoms with Crippen LogP contribution in [0.5, 0.6) is 5.75 Å². The third-order valence-electron chi connectivity index (χ3n) is 2.88. The first-order valence-corrected chi connectivity index (χ1v) is 6.64. The molecule has 0 aliphatic heterocycles. The Morgan fingerprint density at radius 2 is 2.17 bits per heavy atom. The summed E-state index contributed by atoms with van der Waals surface area (Å²) in [5.74, 6) is 0.754. The molecule has 0 fully saturated rings. The van der Waals surface area contributed by atoms with Crippen LogP contribution in [0.15, 0.2) is 18.2 Å². The summed E-state index contributed by atoms with van der Waals surface area (Å²) in [6.07, 6.45) is 2.44. The number of unbranched alkanes of at least 4 members (excludes halogenated alkanes) is 1. The minimum absolute atomic E-state index is 0.373. The van der Waals surface area contributed by atoms with Gasteiger partial charge in [0.1, 0.15) is 10.7 Å². The van der Waals surface area contributed by atoms with Gasteiger partial charge in [0.2, 0.25) is 0 Å². The number of hydrogen-bond acceptors (Lipinski definition) is 3. The maximum Gasteiger partial charge on any atom is 0.129 e. The van der Waals surface area contributed by atoms with Gasteiger partial charge in [-0.15, -0.1) is 0 Å². The van der Waals surface area contributed by atoms with E-state index in [-0.39, 0.29) is 0 Å². The zero-order chi connectivity index (χ0) is 13.5. The topological polar surface area (TPSA) is 38.5 Å². The number of ether oxygens (including phenoxy) is 1. The molecule has 1 rings (SSSR count). The molecule has 0 aliphatic carbocycles. The molecule has 4 heteroatoms. The lowest BCUT2D eigenvalue weighted by Gasteiger charge is -2.17. The molecule has 0 aliphatic rings. The fourth-order valence-corrected chi connectivity index (χ4v) is 2.02. The highest BCUT2D eigenvalue weighted by Crippen LogP contribution is 2.21. The molecule has 18 heavy (non-hydrogen) atoms. The fraction of sp³-hybridized carbons (Fsp3) is 0.500. The minimum Gasteiger partial charge on any atom is -0.496 e. The summed E-state index contributed by atoms with van der Waals surface area (Å²) in [6, 6.07) is 6.00. The van der Waals surface area contributed by atoms with Crippen LogP contribution in [0, 0.1) is 0 Å². The van der Waals surface area contributed by atoms with Crippen molar-refractivity contribution in [1.82, 2.24) is 4.90 Å². The number of rotatable bonds is 7. The lowest BCUT2D eigenvalue weighted by molar-refractivity contribution is 0.320. The summed E-state index contributed by atoms with van der Waals surface area (Å²) in [7, 11) is 3.77. The molecular formula is C14H22N2OS. The first-order chi connectivity index (χ1) is 8.58. The van der Waals surface area contributed by atoms with E-state index in [9.17, 15) is 0 Å². The first kappa shape index (κ1) is 14.9. The van der Waals surface area contributed by atoms with E-state index in [4.69, 9.17) is 22.7 Å². The highest BCUT2D eigenvalue weighted by atomic mass is 32.1. The van der Waals surface area contributed by atoms with Gasteiger partial charge < -0.3 is 15.4 Å². The second-order valence-corrected chi connectivity index (χ2v) is 4.93. The molecule has 0 bridgehead atoms. The molecule has 0 saturated heterocycles. The highest BCUT2D eigenvalue weighted by Gasteiger charge is 2.08. The van der Waals surface area contributed by atoms with Crippen molar-refractivity contribution in [1.29, 1.82) is 0 Å². The zero-order valence-corrected chi connectivity index (χ0v) is 12.2. The van der Waals surface area contributed by atoms with Gasteiger partial charge in [-0.3, -0.25) is 0 Å². The molecule has 3 nitrogen and oxygen atoms in total. The first-order valence-electron chi connectivity index (χ1n) is 6.23. The Morgan fingerprint density at radius 3 is 2.72 bits per heavy atom. The molecule has 0 heterocycles. The van der Waals surface area contributed by atoms with E-state index < -0.39 is 0 Å². The third kappa shape index (κ3) is 4.27. The van der Waals surface area contributed by atoms with Crippen molar-refractivity contribution < 1.29 is 4.74 Å². The Hall–Kier alpha value is -1.13. The van der Waals surface area contributed by atoms with Crippen molar-refractivity contribution in [3.8, 4) is 5.75 Å². The Bertz CT molecular complexity index is 407. The van der Waals surface area contributed by atoms with E-state index >= 15 is 0 Å². The number of methoxy groups -OCH3 is 1. The molecule has 100 valence electrons. The normalized spacial score (nSPS) is 10.7. The lowest BCUT2D eigenvalue weighted by atomic mass is 10.1. The Kier molecular flexibility index (Phi) is 6.09. The second kappa shape index (κ2) is 7.34. The van der Waals surface area contributed by atoms with E-state index in [1.54, 1.807) is 7.11 Å². The Balaban J connectivity index is 2.76. The van der Waals surface area contributed by atoms with Gasteiger partial charge in [-0.1, -0.05) is 31.6 Å². The Morgan fingerprint density at radius 1 is 1.44 bits per heavy atom. The predicted octanol–water partition coefficient (Wildman–Crippen LogP) is 2.56. The van der Waals surface area contributed by atoms with E-state index in [2.05, 4.69) is 24.9 Å². The summed E-state index contributed by atoms with van der Waals surface area (Å²) in [6.45, 7) is 4.22. The van der Waals surface area contributed by atoms with E-state index in [0.717, 1.165) is 24.4 Å². The number of hydrogen-bond donors (Lipinski definition) is 1. The molecule has 0 aromatic heterocycles. The molecule has 0 atom stereocenters. The third-order valence-corrected chi connectivity index (χ3v) is 3.10. The van der Waals surface area contributed by atoms with Crippen molar-refractivity contribution in [2.75, 3.05) is 20.7 Å². The molecule has 1 aromatic carbocycles. The van der Waals surface area contributed by atoms with Gasteiger partial charge in [0, 0.05) is 6.54 Å². The van der Waals surface area contributed by atoms with E-state index in [0.29, 0.717) is 4.99 Å². The molecule has 0 amide bonds. The number of benzene rings is 1. The highest BCUT2D eigenvalue weighted by molar-refractivity contribution is 7.80. The van der Waals surface area contributed by atoms with Crippen molar-refractivity contribution in [3.05, 3.63) is 29.3 Å². The van der Waals surface area contributed by atoms with Gasteiger partial charge in [-0.2, -0.15) is 0 Å². The number of nitrogens with zero attached hydrogens (tertiary/aromatic N) is 1. The summed E-state index contributed by atoms with van der Waals surface area (Å²) >= 11 is 4.99. The van der Waals surface area contributed by atoms with E-state index in [1.807, 2.05) is 12.1 Å². The largest absolute Gasteiger partial charge is 0.496 e. The van der Waals surface area contributed by atoms with Crippen LogP contribution in [-0.2, 0) is 6.54 Å². The Labute approximate surface area is 115 Å². The number of thiocarbonyl (C=S) groups is 1. The lowest BCUT2D eigenvalue weighted by Crippen LogP contribution is -2.19. The van der Waals surface area contributed by atoms with Gasteiger partial charge in [-0.25, -0.2) is 0 Å². The van der Waals surface area contributed by atoms with Crippen molar-refractivity contribution >= 4 is 17.2 Å². The van der Waals surface area contributed by atoms with Crippen LogP contribution in [0.4, 0.5) is 0 Å². The van der Waals surface area contributed by atoms with Crippen LogP contribution in [0.25, 0.3) is 0 Å². The zero-order valence-electron chi connectivity index (χ0n) is 11.4. The second-order valence-electron chi connectivity index (χ2n) is 4.49.